The summed E-state index contributed by atoms with van der Waals surface area (Å²) in [5.74, 6) is -0.564. The molecule has 3 N–H and O–H groups in total. The number of hydrogen-bond acceptors (Lipinski definition) is 4. The summed E-state index contributed by atoms with van der Waals surface area (Å²) in [6.45, 7) is 3.13. The van der Waals surface area contributed by atoms with E-state index in [9.17, 15) is 14.6 Å². The zero-order chi connectivity index (χ0) is 12.3. The highest BCUT2D eigenvalue weighted by atomic mass is 35.5. The molecule has 1 aromatic rings. The molecule has 1 aliphatic heterocycles. The summed E-state index contributed by atoms with van der Waals surface area (Å²) in [5.41, 5.74) is 0.437. The van der Waals surface area contributed by atoms with Crippen LogP contribution in [0.2, 0.25) is 0 Å². The second-order valence-electron chi connectivity index (χ2n) is 4.19. The monoisotopic (exact) mass is 276 g/mol. The Morgan fingerprint density at radius 2 is 2.00 bits per heavy atom. The number of piperazine rings is 1. The fourth-order valence-corrected chi connectivity index (χ4v) is 2.19. The lowest BCUT2D eigenvalue weighted by Gasteiger charge is -2.34. The number of rotatable bonds is 3. The normalized spacial score (nSPS) is 18.1. The maximum absolute atomic E-state index is 13.7. The van der Waals surface area contributed by atoms with Crippen molar-refractivity contribution in [2.45, 2.75) is 6.04 Å². The lowest BCUT2D eigenvalue weighted by atomic mass is 10.0. The number of hydrogen-bond donors (Lipinski definition) is 3. The van der Waals surface area contributed by atoms with Gasteiger partial charge in [-0.2, -0.15) is 0 Å². The number of benzene rings is 1. The third-order valence-electron chi connectivity index (χ3n) is 3.11. The van der Waals surface area contributed by atoms with Crippen LogP contribution in [0.25, 0.3) is 0 Å². The van der Waals surface area contributed by atoms with Crippen molar-refractivity contribution in [1.82, 2.24) is 10.2 Å². The molecule has 0 saturated carbocycles. The minimum absolute atomic E-state index is 0. The van der Waals surface area contributed by atoms with E-state index in [0.29, 0.717) is 5.56 Å². The predicted octanol–water partition coefficient (Wildman–Crippen LogP) is 0.892. The van der Waals surface area contributed by atoms with Crippen molar-refractivity contribution in [1.29, 1.82) is 0 Å². The number of aliphatic hydroxyl groups is 1. The van der Waals surface area contributed by atoms with Gasteiger partial charge in [-0.05, 0) is 6.07 Å². The van der Waals surface area contributed by atoms with Crippen LogP contribution in [0.5, 0.6) is 5.75 Å². The molecular weight excluding hydrogens is 259 g/mol. The van der Waals surface area contributed by atoms with Gasteiger partial charge in [-0.25, -0.2) is 4.39 Å². The van der Waals surface area contributed by atoms with E-state index in [1.807, 2.05) is 4.90 Å². The Hall–Kier alpha value is -0.880. The average Bonchev–Trinajstić information content (AvgIpc) is 2.34. The minimum Gasteiger partial charge on any atom is -0.508 e. The zero-order valence-corrected chi connectivity index (χ0v) is 10.8. The molecule has 1 heterocycles. The first kappa shape index (κ1) is 15.2. The van der Waals surface area contributed by atoms with Gasteiger partial charge in [-0.1, -0.05) is 6.07 Å². The quantitative estimate of drug-likeness (QED) is 0.768. The Balaban J connectivity index is 0.00000162. The van der Waals surface area contributed by atoms with Crippen LogP contribution in [0, 0.1) is 5.82 Å². The SMILES string of the molecule is Cl.OC[C@@H](c1ccc(O)cc1F)N1CCNCC1. The van der Waals surface area contributed by atoms with E-state index >= 15 is 0 Å². The number of aliphatic hydroxyl groups excluding tert-OH is 1. The summed E-state index contributed by atoms with van der Waals surface area (Å²) in [4.78, 5) is 2.05. The third kappa shape index (κ3) is 3.32. The van der Waals surface area contributed by atoms with E-state index in [1.54, 1.807) is 0 Å². The minimum atomic E-state index is -0.470. The number of nitrogens with one attached hydrogen (secondary N) is 1. The molecule has 102 valence electrons. The van der Waals surface area contributed by atoms with Gasteiger partial charge in [0, 0.05) is 37.8 Å². The van der Waals surface area contributed by atoms with Crippen molar-refractivity contribution < 1.29 is 14.6 Å². The van der Waals surface area contributed by atoms with Crippen LogP contribution in [-0.2, 0) is 0 Å². The van der Waals surface area contributed by atoms with Gasteiger partial charge >= 0.3 is 0 Å². The van der Waals surface area contributed by atoms with Crippen molar-refractivity contribution in [2.75, 3.05) is 32.8 Å². The van der Waals surface area contributed by atoms with Gasteiger partial charge in [-0.15, -0.1) is 12.4 Å². The van der Waals surface area contributed by atoms with Crippen LogP contribution < -0.4 is 5.32 Å². The summed E-state index contributed by atoms with van der Waals surface area (Å²) < 4.78 is 13.7. The molecule has 18 heavy (non-hydrogen) atoms. The average molecular weight is 277 g/mol. The summed E-state index contributed by atoms with van der Waals surface area (Å²) in [6, 6.07) is 3.73. The van der Waals surface area contributed by atoms with Crippen LogP contribution in [0.15, 0.2) is 18.2 Å². The van der Waals surface area contributed by atoms with Gasteiger partial charge in [-0.3, -0.25) is 4.90 Å². The Kier molecular flexibility index (Phi) is 5.81. The van der Waals surface area contributed by atoms with E-state index in [-0.39, 0.29) is 30.8 Å². The van der Waals surface area contributed by atoms with E-state index < -0.39 is 5.82 Å². The molecule has 1 fully saturated rings. The lowest BCUT2D eigenvalue weighted by molar-refractivity contribution is 0.108. The van der Waals surface area contributed by atoms with Crippen molar-refractivity contribution in [3.8, 4) is 5.75 Å². The molecule has 4 nitrogen and oxygen atoms in total. The van der Waals surface area contributed by atoms with Crippen LogP contribution in [0.4, 0.5) is 4.39 Å². The van der Waals surface area contributed by atoms with Crippen LogP contribution in [-0.4, -0.2) is 47.9 Å². The number of halogens is 2. The standard InChI is InChI=1S/C12H17FN2O2.ClH/c13-11-7-9(17)1-2-10(11)12(8-16)15-5-3-14-4-6-15;/h1-2,7,12,14,16-17H,3-6,8H2;1H/t12-;/m0./s1. The first-order valence-electron chi connectivity index (χ1n) is 5.76. The molecule has 0 amide bonds. The Morgan fingerprint density at radius 3 is 2.56 bits per heavy atom. The van der Waals surface area contributed by atoms with Gasteiger partial charge in [0.25, 0.3) is 0 Å². The molecule has 0 aromatic heterocycles. The van der Waals surface area contributed by atoms with Gasteiger partial charge in [0.1, 0.15) is 11.6 Å². The van der Waals surface area contributed by atoms with Crippen LogP contribution in [0.3, 0.4) is 0 Å². The van der Waals surface area contributed by atoms with Crippen molar-refractivity contribution in [2.24, 2.45) is 0 Å². The number of phenols is 1. The zero-order valence-electron chi connectivity index (χ0n) is 9.97. The summed E-state index contributed by atoms with van der Waals surface area (Å²) >= 11 is 0. The lowest BCUT2D eigenvalue weighted by Crippen LogP contribution is -2.46. The number of nitrogens with zero attached hydrogens (tertiary/aromatic N) is 1. The maximum Gasteiger partial charge on any atom is 0.131 e. The molecule has 2 rings (SSSR count). The molecule has 0 unspecified atom stereocenters. The molecule has 1 saturated heterocycles. The number of aromatic hydroxyl groups is 1. The first-order chi connectivity index (χ1) is 8.22. The molecule has 0 bridgehead atoms. The summed E-state index contributed by atoms with van der Waals surface area (Å²) in [7, 11) is 0. The van der Waals surface area contributed by atoms with Crippen molar-refractivity contribution in [3.63, 3.8) is 0 Å². The van der Waals surface area contributed by atoms with Crippen LogP contribution >= 0.6 is 12.4 Å². The second kappa shape index (κ2) is 6.89. The fraction of sp³-hybridized carbons (Fsp3) is 0.500. The predicted molar refractivity (Wildman–Crippen MR) is 69.6 cm³/mol. The molecule has 0 aliphatic carbocycles. The van der Waals surface area contributed by atoms with E-state index in [2.05, 4.69) is 5.32 Å². The van der Waals surface area contributed by atoms with Gasteiger partial charge in [0.15, 0.2) is 0 Å². The fourth-order valence-electron chi connectivity index (χ4n) is 2.19. The highest BCUT2D eigenvalue weighted by molar-refractivity contribution is 5.85. The maximum atomic E-state index is 13.7. The topological polar surface area (TPSA) is 55.7 Å². The van der Waals surface area contributed by atoms with E-state index in [0.717, 1.165) is 32.2 Å². The highest BCUT2D eigenvalue weighted by Gasteiger charge is 2.23. The summed E-state index contributed by atoms with van der Waals surface area (Å²) in [5, 5.41) is 21.8. The molecule has 1 aliphatic rings. The summed E-state index contributed by atoms with van der Waals surface area (Å²) in [6.07, 6.45) is 0. The van der Waals surface area contributed by atoms with E-state index in [4.69, 9.17) is 0 Å². The molecule has 0 radical (unpaired) electrons. The first-order valence-corrected chi connectivity index (χ1v) is 5.76. The van der Waals surface area contributed by atoms with Gasteiger partial charge in [0.05, 0.1) is 12.6 Å². The Morgan fingerprint density at radius 1 is 1.33 bits per heavy atom. The third-order valence-corrected chi connectivity index (χ3v) is 3.11. The molecule has 0 spiro atoms. The largest absolute Gasteiger partial charge is 0.508 e. The molecule has 1 aromatic carbocycles. The van der Waals surface area contributed by atoms with E-state index in [1.165, 1.54) is 12.1 Å². The van der Waals surface area contributed by atoms with Crippen molar-refractivity contribution in [3.05, 3.63) is 29.6 Å². The molecule has 6 heteroatoms. The number of phenolic OH excluding ortho intramolecular Hbond substituents is 1. The van der Waals surface area contributed by atoms with Crippen LogP contribution in [0.1, 0.15) is 11.6 Å². The molecule has 1 atom stereocenters. The Labute approximate surface area is 112 Å². The van der Waals surface area contributed by atoms with Crippen molar-refractivity contribution >= 4 is 12.4 Å². The van der Waals surface area contributed by atoms with Gasteiger partial charge in [0.2, 0.25) is 0 Å². The van der Waals surface area contributed by atoms with Gasteiger partial charge < -0.3 is 15.5 Å². The Bertz CT molecular complexity index is 386. The molecular formula is C12H18ClFN2O2. The second-order valence-corrected chi connectivity index (χ2v) is 4.19. The smallest absolute Gasteiger partial charge is 0.131 e. The highest BCUT2D eigenvalue weighted by Crippen LogP contribution is 2.25.